The van der Waals surface area contributed by atoms with Gasteiger partial charge in [0.25, 0.3) is 0 Å². The van der Waals surface area contributed by atoms with Crippen molar-refractivity contribution in [3.63, 3.8) is 0 Å². The summed E-state index contributed by atoms with van der Waals surface area (Å²) in [4.78, 5) is 11.3. The Hall–Kier alpha value is -7.88. The van der Waals surface area contributed by atoms with Gasteiger partial charge in [0, 0.05) is 35.4 Å². The van der Waals surface area contributed by atoms with E-state index in [1.54, 1.807) is 0 Å². The van der Waals surface area contributed by atoms with Gasteiger partial charge in [-0.1, -0.05) is 164 Å². The number of hydrogen-bond donors (Lipinski definition) is 0. The Morgan fingerprint density at radius 2 is 0.831 bits per heavy atom. The average molecular weight is 752 g/mol. The Balaban J connectivity index is 0.982. The molecule has 0 aliphatic carbocycles. The molecule has 3 nitrogen and oxygen atoms in total. The molecule has 11 aromatic rings. The highest BCUT2D eigenvalue weighted by Crippen LogP contribution is 2.46. The fourth-order valence-corrected chi connectivity index (χ4v) is 8.84. The average Bonchev–Trinajstić information content (AvgIpc) is 3.31. The molecule has 2 aromatic heterocycles. The summed E-state index contributed by atoms with van der Waals surface area (Å²) in [5.74, 6) is 0. The SMILES string of the molecule is c1cncc(-c2ccc(N(c3ccc(-c4ccc(-c5c6ccccc6c(-c6cccc7ccccc67)c6ccccc56)cc4)cc3)c3ccnc4ccccc34)cc2)c1. The number of pyridine rings is 2. The third-order valence-corrected chi connectivity index (χ3v) is 11.6. The van der Waals surface area contributed by atoms with E-state index >= 15 is 0 Å². The standard InChI is InChI=1S/C56H37N3/c1-2-14-46-41(11-1)12-9-20-47(46)56-50-17-5-3-15-48(50)55(49-16-4-6-18-51(49)56)42-24-22-38(23-25-42)39-26-30-44(31-27-39)59(54-34-36-58-53-21-8-7-19-52(53)54)45-32-28-40(29-33-45)43-13-10-35-57-37-43/h1-37H. The largest absolute Gasteiger partial charge is 0.310 e. The molecular weight excluding hydrogens is 715 g/mol. The number of hydrogen-bond acceptors (Lipinski definition) is 3. The van der Waals surface area contributed by atoms with Crippen molar-refractivity contribution < 1.29 is 0 Å². The van der Waals surface area contributed by atoms with Gasteiger partial charge in [0.1, 0.15) is 0 Å². The Morgan fingerprint density at radius 3 is 1.46 bits per heavy atom. The molecule has 11 rings (SSSR count). The van der Waals surface area contributed by atoms with Gasteiger partial charge in [-0.15, -0.1) is 0 Å². The van der Waals surface area contributed by atoms with Crippen LogP contribution >= 0.6 is 0 Å². The second-order valence-electron chi connectivity index (χ2n) is 15.0. The van der Waals surface area contributed by atoms with Gasteiger partial charge in [-0.25, -0.2) is 0 Å². The summed E-state index contributed by atoms with van der Waals surface area (Å²) in [6.45, 7) is 0. The number of anilines is 3. The van der Waals surface area contributed by atoms with Crippen molar-refractivity contribution in [2.24, 2.45) is 0 Å². The molecule has 0 radical (unpaired) electrons. The van der Waals surface area contributed by atoms with Crippen molar-refractivity contribution >= 4 is 60.3 Å². The van der Waals surface area contributed by atoms with Crippen molar-refractivity contribution in [1.82, 2.24) is 9.97 Å². The summed E-state index contributed by atoms with van der Waals surface area (Å²) >= 11 is 0. The second kappa shape index (κ2) is 14.6. The predicted octanol–water partition coefficient (Wildman–Crippen LogP) is 15.2. The Morgan fingerprint density at radius 1 is 0.322 bits per heavy atom. The Labute approximate surface area is 343 Å². The van der Waals surface area contributed by atoms with Crippen LogP contribution in [0.5, 0.6) is 0 Å². The maximum absolute atomic E-state index is 4.68. The molecule has 9 aromatic carbocycles. The van der Waals surface area contributed by atoms with E-state index in [1.807, 2.05) is 30.7 Å². The normalized spacial score (nSPS) is 11.4. The van der Waals surface area contributed by atoms with Crippen LogP contribution in [-0.4, -0.2) is 9.97 Å². The number of aromatic nitrogens is 2. The molecule has 0 spiro atoms. The molecule has 3 heteroatoms. The van der Waals surface area contributed by atoms with Gasteiger partial charge < -0.3 is 4.90 Å². The predicted molar refractivity (Wildman–Crippen MR) is 248 cm³/mol. The fraction of sp³-hybridized carbons (Fsp3) is 0. The number of benzene rings is 9. The number of fused-ring (bicyclic) bond motifs is 4. The lowest BCUT2D eigenvalue weighted by atomic mass is 9.84. The number of para-hydroxylation sites is 1. The summed E-state index contributed by atoms with van der Waals surface area (Å²) in [7, 11) is 0. The van der Waals surface area contributed by atoms with Crippen LogP contribution in [0.1, 0.15) is 0 Å². The molecular formula is C56H37N3. The minimum absolute atomic E-state index is 0.961. The highest BCUT2D eigenvalue weighted by atomic mass is 15.1. The molecule has 276 valence electrons. The summed E-state index contributed by atoms with van der Waals surface area (Å²) in [5.41, 5.74) is 13.7. The monoisotopic (exact) mass is 751 g/mol. The molecule has 0 unspecified atom stereocenters. The lowest BCUT2D eigenvalue weighted by Gasteiger charge is -2.27. The lowest BCUT2D eigenvalue weighted by molar-refractivity contribution is 1.28. The van der Waals surface area contributed by atoms with Crippen molar-refractivity contribution in [1.29, 1.82) is 0 Å². The second-order valence-corrected chi connectivity index (χ2v) is 15.0. The molecule has 59 heavy (non-hydrogen) atoms. The van der Waals surface area contributed by atoms with E-state index in [1.165, 1.54) is 60.1 Å². The molecule has 0 N–H and O–H groups in total. The molecule has 0 amide bonds. The van der Waals surface area contributed by atoms with E-state index < -0.39 is 0 Å². The van der Waals surface area contributed by atoms with Crippen molar-refractivity contribution in [2.45, 2.75) is 0 Å². The van der Waals surface area contributed by atoms with Crippen molar-refractivity contribution in [3.8, 4) is 44.5 Å². The van der Waals surface area contributed by atoms with Crippen LogP contribution in [0.15, 0.2) is 225 Å². The first-order valence-corrected chi connectivity index (χ1v) is 20.1. The first-order valence-electron chi connectivity index (χ1n) is 20.1. The highest BCUT2D eigenvalue weighted by molar-refractivity contribution is 6.23. The van der Waals surface area contributed by atoms with Gasteiger partial charge in [-0.2, -0.15) is 0 Å². The molecule has 0 saturated heterocycles. The maximum Gasteiger partial charge on any atom is 0.0723 e. The number of nitrogens with zero attached hydrogens (tertiary/aromatic N) is 3. The number of rotatable bonds is 7. The smallest absolute Gasteiger partial charge is 0.0723 e. The van der Waals surface area contributed by atoms with E-state index in [-0.39, 0.29) is 0 Å². The summed E-state index contributed by atoms with van der Waals surface area (Å²) in [5, 5.41) is 8.64. The Bertz CT molecular complexity index is 3230. The van der Waals surface area contributed by atoms with Gasteiger partial charge in [-0.3, -0.25) is 9.97 Å². The maximum atomic E-state index is 4.68. The Kier molecular flexibility index (Phi) is 8.49. The van der Waals surface area contributed by atoms with Crippen LogP contribution in [0.2, 0.25) is 0 Å². The molecule has 0 bridgehead atoms. The van der Waals surface area contributed by atoms with Crippen LogP contribution in [-0.2, 0) is 0 Å². The minimum atomic E-state index is 0.961. The quantitative estimate of drug-likeness (QED) is 0.152. The van der Waals surface area contributed by atoms with Crippen LogP contribution in [0.4, 0.5) is 17.1 Å². The van der Waals surface area contributed by atoms with E-state index in [0.29, 0.717) is 0 Å². The van der Waals surface area contributed by atoms with Crippen molar-refractivity contribution in [3.05, 3.63) is 225 Å². The molecule has 0 saturated carbocycles. The molecule has 0 aliphatic rings. The summed E-state index contributed by atoms with van der Waals surface area (Å²) < 4.78 is 0. The lowest BCUT2D eigenvalue weighted by Crippen LogP contribution is -2.10. The van der Waals surface area contributed by atoms with Crippen LogP contribution in [0.25, 0.3) is 87.7 Å². The molecule has 0 fully saturated rings. The van der Waals surface area contributed by atoms with E-state index in [9.17, 15) is 0 Å². The van der Waals surface area contributed by atoms with Crippen LogP contribution in [0.3, 0.4) is 0 Å². The first kappa shape index (κ1) is 34.4. The molecule has 0 atom stereocenters. The van der Waals surface area contributed by atoms with Crippen molar-refractivity contribution in [2.75, 3.05) is 4.90 Å². The van der Waals surface area contributed by atoms with Gasteiger partial charge in [0.15, 0.2) is 0 Å². The first-order chi connectivity index (χ1) is 29.3. The zero-order chi connectivity index (χ0) is 39.1. The topological polar surface area (TPSA) is 29.0 Å². The van der Waals surface area contributed by atoms with Crippen LogP contribution < -0.4 is 4.90 Å². The zero-order valence-electron chi connectivity index (χ0n) is 32.2. The third kappa shape index (κ3) is 6.08. The van der Waals surface area contributed by atoms with E-state index in [0.717, 1.165) is 44.7 Å². The fourth-order valence-electron chi connectivity index (χ4n) is 8.84. The summed E-state index contributed by atoms with van der Waals surface area (Å²) in [6.07, 6.45) is 5.61. The van der Waals surface area contributed by atoms with Gasteiger partial charge >= 0.3 is 0 Å². The van der Waals surface area contributed by atoms with Gasteiger partial charge in [-0.05, 0) is 119 Å². The van der Waals surface area contributed by atoms with Crippen LogP contribution in [0, 0.1) is 0 Å². The molecule has 2 heterocycles. The molecule has 0 aliphatic heterocycles. The minimum Gasteiger partial charge on any atom is -0.310 e. The van der Waals surface area contributed by atoms with Gasteiger partial charge in [0.05, 0.1) is 11.2 Å². The van der Waals surface area contributed by atoms with Gasteiger partial charge in [0.2, 0.25) is 0 Å². The highest BCUT2D eigenvalue weighted by Gasteiger charge is 2.19. The summed E-state index contributed by atoms with van der Waals surface area (Å²) in [6, 6.07) is 74.4. The van der Waals surface area contributed by atoms with E-state index in [4.69, 9.17) is 0 Å². The third-order valence-electron chi connectivity index (χ3n) is 11.6. The zero-order valence-corrected chi connectivity index (χ0v) is 32.2. The van der Waals surface area contributed by atoms with E-state index in [2.05, 4.69) is 209 Å².